The van der Waals surface area contributed by atoms with Crippen molar-refractivity contribution in [1.82, 2.24) is 0 Å². The summed E-state index contributed by atoms with van der Waals surface area (Å²) >= 11 is 6.56. The van der Waals surface area contributed by atoms with Crippen LogP contribution in [0.5, 0.6) is 5.75 Å². The Morgan fingerprint density at radius 1 is 0.733 bits per heavy atom. The standard InChI is InChI=1S/C19H16Br2N2O5S2/c1-28-18-11-10-13(29(24,25)22-16-8-4-2-6-14(16)20)12-19(18)30(26,27)23-17-9-5-3-7-15(17)21/h2-12,22-23H,1H3. The van der Waals surface area contributed by atoms with Gasteiger partial charge in [-0.1, -0.05) is 24.3 Å². The van der Waals surface area contributed by atoms with E-state index in [0.29, 0.717) is 20.3 Å². The highest BCUT2D eigenvalue weighted by atomic mass is 79.9. The summed E-state index contributed by atoms with van der Waals surface area (Å²) in [6.45, 7) is 0. The highest BCUT2D eigenvalue weighted by Crippen LogP contribution is 2.32. The summed E-state index contributed by atoms with van der Waals surface area (Å²) in [7, 11) is -6.90. The van der Waals surface area contributed by atoms with Gasteiger partial charge >= 0.3 is 0 Å². The average Bonchev–Trinajstić information content (AvgIpc) is 2.70. The molecule has 3 rings (SSSR count). The average molecular weight is 576 g/mol. The van der Waals surface area contributed by atoms with Crippen LogP contribution in [0.2, 0.25) is 0 Å². The lowest BCUT2D eigenvalue weighted by Crippen LogP contribution is -2.17. The van der Waals surface area contributed by atoms with Crippen molar-refractivity contribution in [2.75, 3.05) is 16.6 Å². The van der Waals surface area contributed by atoms with Gasteiger partial charge in [-0.25, -0.2) is 16.8 Å². The lowest BCUT2D eigenvalue weighted by molar-refractivity contribution is 0.402. The number of halogens is 2. The van der Waals surface area contributed by atoms with Gasteiger partial charge in [-0.3, -0.25) is 9.44 Å². The van der Waals surface area contributed by atoms with Crippen LogP contribution in [0.15, 0.2) is 85.5 Å². The van der Waals surface area contributed by atoms with Crippen molar-refractivity contribution in [3.05, 3.63) is 75.7 Å². The molecule has 0 unspecified atom stereocenters. The van der Waals surface area contributed by atoms with Gasteiger partial charge in [0.05, 0.1) is 23.4 Å². The van der Waals surface area contributed by atoms with E-state index in [1.54, 1.807) is 48.5 Å². The summed E-state index contributed by atoms with van der Waals surface area (Å²) in [4.78, 5) is -0.540. The van der Waals surface area contributed by atoms with Gasteiger partial charge in [-0.2, -0.15) is 0 Å². The van der Waals surface area contributed by atoms with Crippen LogP contribution >= 0.6 is 31.9 Å². The third kappa shape index (κ3) is 4.97. The summed E-state index contributed by atoms with van der Waals surface area (Å²) in [5.74, 6) is 0.00870. The second-order valence-corrected chi connectivity index (χ2v) is 11.0. The molecule has 3 aromatic carbocycles. The fraction of sp³-hybridized carbons (Fsp3) is 0.0526. The molecule has 0 aliphatic carbocycles. The van der Waals surface area contributed by atoms with E-state index < -0.39 is 20.0 Å². The smallest absolute Gasteiger partial charge is 0.265 e. The number of methoxy groups -OCH3 is 1. The number of sulfonamides is 2. The fourth-order valence-electron chi connectivity index (χ4n) is 2.53. The summed E-state index contributed by atoms with van der Waals surface area (Å²) in [6, 6.07) is 17.0. The lowest BCUT2D eigenvalue weighted by Gasteiger charge is -2.15. The topological polar surface area (TPSA) is 102 Å². The normalized spacial score (nSPS) is 11.7. The second-order valence-electron chi connectivity index (χ2n) is 5.98. The van der Waals surface area contributed by atoms with E-state index in [2.05, 4.69) is 41.3 Å². The molecule has 0 atom stereocenters. The molecule has 2 N–H and O–H groups in total. The number of anilines is 2. The Kier molecular flexibility index (Phi) is 6.75. The zero-order valence-electron chi connectivity index (χ0n) is 15.5. The van der Waals surface area contributed by atoms with E-state index in [1.165, 1.54) is 19.2 Å². The van der Waals surface area contributed by atoms with Gasteiger partial charge in [0, 0.05) is 8.95 Å². The third-order valence-corrected chi connectivity index (χ3v) is 8.10. The quantitative estimate of drug-likeness (QED) is 0.420. The first-order valence-electron chi connectivity index (χ1n) is 8.37. The summed E-state index contributed by atoms with van der Waals surface area (Å²) in [6.07, 6.45) is 0. The molecule has 0 amide bonds. The molecule has 0 aliphatic rings. The Balaban J connectivity index is 2.03. The molecule has 0 aliphatic heterocycles. The molecule has 0 saturated heterocycles. The largest absolute Gasteiger partial charge is 0.495 e. The zero-order valence-corrected chi connectivity index (χ0v) is 20.3. The molecule has 30 heavy (non-hydrogen) atoms. The maximum Gasteiger partial charge on any atom is 0.265 e. The van der Waals surface area contributed by atoms with Gasteiger partial charge in [0.25, 0.3) is 20.0 Å². The molecule has 0 fully saturated rings. The maximum atomic E-state index is 13.0. The molecule has 0 bridgehead atoms. The lowest BCUT2D eigenvalue weighted by atomic mass is 10.3. The SMILES string of the molecule is COc1ccc(S(=O)(=O)Nc2ccccc2Br)cc1S(=O)(=O)Nc1ccccc1Br. The monoisotopic (exact) mass is 574 g/mol. The van der Waals surface area contributed by atoms with Crippen LogP contribution in [0, 0.1) is 0 Å². The molecule has 0 heterocycles. The third-order valence-electron chi connectivity index (χ3n) is 3.97. The fourth-order valence-corrected chi connectivity index (χ4v) is 6.01. The minimum Gasteiger partial charge on any atom is -0.495 e. The van der Waals surface area contributed by atoms with Crippen molar-refractivity contribution in [3.8, 4) is 5.75 Å². The minimum atomic E-state index is -4.15. The maximum absolute atomic E-state index is 13.0. The van der Waals surface area contributed by atoms with Gasteiger partial charge < -0.3 is 4.74 Å². The Bertz CT molecular complexity index is 1300. The summed E-state index contributed by atoms with van der Waals surface area (Å²) in [5.41, 5.74) is 0.628. The predicted molar refractivity (Wildman–Crippen MR) is 123 cm³/mol. The van der Waals surface area contributed by atoms with Crippen molar-refractivity contribution in [2.24, 2.45) is 0 Å². The number of nitrogens with one attached hydrogen (secondary N) is 2. The number of para-hydroxylation sites is 2. The van der Waals surface area contributed by atoms with Crippen molar-refractivity contribution in [2.45, 2.75) is 9.79 Å². The van der Waals surface area contributed by atoms with Gasteiger partial charge in [0.15, 0.2) is 0 Å². The summed E-state index contributed by atoms with van der Waals surface area (Å²) < 4.78 is 62.8. The van der Waals surface area contributed by atoms with Gasteiger partial charge in [0.2, 0.25) is 0 Å². The minimum absolute atomic E-state index is 0.00870. The Hall–Kier alpha value is -2.08. The van der Waals surface area contributed by atoms with E-state index in [1.807, 2.05) is 0 Å². The molecular weight excluding hydrogens is 560 g/mol. The molecule has 0 spiro atoms. The molecule has 3 aromatic rings. The first kappa shape index (κ1) is 22.6. The number of benzene rings is 3. The molecule has 0 aromatic heterocycles. The first-order valence-corrected chi connectivity index (χ1v) is 12.9. The van der Waals surface area contributed by atoms with Gasteiger partial charge in [-0.05, 0) is 74.3 Å². The van der Waals surface area contributed by atoms with E-state index in [9.17, 15) is 16.8 Å². The van der Waals surface area contributed by atoms with Crippen LogP contribution in [0.1, 0.15) is 0 Å². The van der Waals surface area contributed by atoms with E-state index in [4.69, 9.17) is 4.74 Å². The van der Waals surface area contributed by atoms with E-state index in [0.717, 1.165) is 6.07 Å². The first-order chi connectivity index (χ1) is 14.1. The molecule has 0 saturated carbocycles. The van der Waals surface area contributed by atoms with Crippen LogP contribution < -0.4 is 14.2 Å². The van der Waals surface area contributed by atoms with E-state index in [-0.39, 0.29) is 15.5 Å². The van der Waals surface area contributed by atoms with Gasteiger partial charge in [0.1, 0.15) is 10.6 Å². The van der Waals surface area contributed by atoms with Crippen molar-refractivity contribution < 1.29 is 21.6 Å². The van der Waals surface area contributed by atoms with Crippen LogP contribution in [-0.2, 0) is 20.0 Å². The summed E-state index contributed by atoms with van der Waals surface area (Å²) in [5, 5.41) is 0. The second kappa shape index (κ2) is 8.96. The Morgan fingerprint density at radius 3 is 1.73 bits per heavy atom. The van der Waals surface area contributed by atoms with Crippen LogP contribution in [-0.4, -0.2) is 23.9 Å². The van der Waals surface area contributed by atoms with Crippen LogP contribution in [0.25, 0.3) is 0 Å². The number of hydrogen-bond acceptors (Lipinski definition) is 5. The molecular formula is C19H16Br2N2O5S2. The highest BCUT2D eigenvalue weighted by molar-refractivity contribution is 9.11. The van der Waals surface area contributed by atoms with E-state index >= 15 is 0 Å². The predicted octanol–water partition coefficient (Wildman–Crippen LogP) is 4.82. The molecule has 11 heteroatoms. The number of ether oxygens (including phenoxy) is 1. The van der Waals surface area contributed by atoms with Crippen molar-refractivity contribution in [1.29, 1.82) is 0 Å². The number of rotatable bonds is 7. The Labute approximate surface area is 191 Å². The molecule has 158 valence electrons. The van der Waals surface area contributed by atoms with Crippen molar-refractivity contribution >= 4 is 63.3 Å². The molecule has 0 radical (unpaired) electrons. The van der Waals surface area contributed by atoms with Crippen LogP contribution in [0.4, 0.5) is 11.4 Å². The van der Waals surface area contributed by atoms with Gasteiger partial charge in [-0.15, -0.1) is 0 Å². The number of hydrogen-bond donors (Lipinski definition) is 2. The Morgan fingerprint density at radius 2 is 1.23 bits per heavy atom. The molecule has 7 nitrogen and oxygen atoms in total. The van der Waals surface area contributed by atoms with Crippen LogP contribution in [0.3, 0.4) is 0 Å². The highest BCUT2D eigenvalue weighted by Gasteiger charge is 2.25. The zero-order chi connectivity index (χ0) is 21.9. The van der Waals surface area contributed by atoms with Crippen molar-refractivity contribution in [3.63, 3.8) is 0 Å².